The zero-order valence-electron chi connectivity index (χ0n) is 11.2. The molecular formula is C15H22N2O. The number of carbonyl (C=O) groups excluding carboxylic acids is 1. The molecule has 1 unspecified atom stereocenters. The Kier molecular flexibility index (Phi) is 3.71. The van der Waals surface area contributed by atoms with Crippen LogP contribution in [-0.2, 0) is 4.79 Å². The molecule has 0 aliphatic heterocycles. The van der Waals surface area contributed by atoms with Crippen molar-refractivity contribution in [3.8, 4) is 0 Å². The van der Waals surface area contributed by atoms with Gasteiger partial charge in [-0.15, -0.1) is 0 Å². The van der Waals surface area contributed by atoms with Crippen LogP contribution in [0.5, 0.6) is 0 Å². The van der Waals surface area contributed by atoms with Gasteiger partial charge in [0.15, 0.2) is 0 Å². The Morgan fingerprint density at radius 3 is 2.44 bits per heavy atom. The van der Waals surface area contributed by atoms with Crippen LogP contribution < -0.4 is 5.73 Å². The van der Waals surface area contributed by atoms with Crippen LogP contribution in [0.2, 0.25) is 0 Å². The lowest BCUT2D eigenvalue weighted by molar-refractivity contribution is -0.136. The Morgan fingerprint density at radius 1 is 1.33 bits per heavy atom. The van der Waals surface area contributed by atoms with E-state index in [9.17, 15) is 4.79 Å². The highest BCUT2D eigenvalue weighted by atomic mass is 16.2. The predicted octanol–water partition coefficient (Wildman–Crippen LogP) is 1.99. The highest BCUT2D eigenvalue weighted by Crippen LogP contribution is 2.59. The smallest absolute Gasteiger partial charge is 0.230 e. The summed E-state index contributed by atoms with van der Waals surface area (Å²) in [7, 11) is 0. The first-order valence-electron chi connectivity index (χ1n) is 6.74. The summed E-state index contributed by atoms with van der Waals surface area (Å²) in [4.78, 5) is 14.4. The van der Waals surface area contributed by atoms with E-state index in [0.717, 1.165) is 19.5 Å². The van der Waals surface area contributed by atoms with Crippen molar-refractivity contribution >= 4 is 5.91 Å². The Balaban J connectivity index is 2.18. The molecule has 2 atom stereocenters. The summed E-state index contributed by atoms with van der Waals surface area (Å²) in [5.41, 5.74) is 6.80. The normalized spacial score (nSPS) is 25.8. The molecule has 1 saturated carbocycles. The number of hydrogen-bond donors (Lipinski definition) is 1. The standard InChI is InChI=1S/C15H22N2O/c1-3-17(4-2)14(18)15(11-16)10-13(15)12-8-6-5-7-9-12/h5-9,13H,3-4,10-11,16H2,1-2H3/t13?,15-/m0/s1. The van der Waals surface area contributed by atoms with E-state index in [1.54, 1.807) is 0 Å². The van der Waals surface area contributed by atoms with Crippen molar-refractivity contribution in [2.24, 2.45) is 11.1 Å². The third-order valence-electron chi connectivity index (χ3n) is 4.12. The van der Waals surface area contributed by atoms with E-state index < -0.39 is 0 Å². The Labute approximate surface area is 109 Å². The lowest BCUT2D eigenvalue weighted by Crippen LogP contribution is -2.41. The molecule has 1 aromatic rings. The highest BCUT2D eigenvalue weighted by molar-refractivity contribution is 5.87. The Bertz CT molecular complexity index is 414. The first-order valence-corrected chi connectivity index (χ1v) is 6.74. The van der Waals surface area contributed by atoms with Gasteiger partial charge >= 0.3 is 0 Å². The highest BCUT2D eigenvalue weighted by Gasteiger charge is 2.60. The van der Waals surface area contributed by atoms with Crippen molar-refractivity contribution in [2.75, 3.05) is 19.6 Å². The third-order valence-corrected chi connectivity index (χ3v) is 4.12. The summed E-state index contributed by atoms with van der Waals surface area (Å²) in [5.74, 6) is 0.528. The van der Waals surface area contributed by atoms with Crippen LogP contribution in [-0.4, -0.2) is 30.4 Å². The van der Waals surface area contributed by atoms with Crippen LogP contribution in [0.4, 0.5) is 0 Å². The average molecular weight is 246 g/mol. The lowest BCUT2D eigenvalue weighted by atomic mass is 9.97. The van der Waals surface area contributed by atoms with Gasteiger partial charge < -0.3 is 10.6 Å². The molecule has 1 aliphatic carbocycles. The van der Waals surface area contributed by atoms with Crippen LogP contribution in [0.1, 0.15) is 31.7 Å². The van der Waals surface area contributed by atoms with Gasteiger partial charge in [0.25, 0.3) is 0 Å². The van der Waals surface area contributed by atoms with Crippen molar-refractivity contribution < 1.29 is 4.79 Å². The van der Waals surface area contributed by atoms with Gasteiger partial charge in [-0.2, -0.15) is 0 Å². The molecule has 0 aromatic heterocycles. The summed E-state index contributed by atoms with van der Waals surface area (Å²) in [5, 5.41) is 0. The van der Waals surface area contributed by atoms with Gasteiger partial charge in [-0.05, 0) is 25.8 Å². The molecule has 2 rings (SSSR count). The number of amides is 1. The summed E-state index contributed by atoms with van der Waals surface area (Å²) in [6.07, 6.45) is 0.892. The average Bonchev–Trinajstić information content (AvgIpc) is 3.17. The minimum absolute atomic E-state index is 0.226. The molecule has 1 amide bonds. The fourth-order valence-electron chi connectivity index (χ4n) is 2.80. The number of benzene rings is 1. The van der Waals surface area contributed by atoms with Gasteiger partial charge in [-0.1, -0.05) is 30.3 Å². The van der Waals surface area contributed by atoms with Crippen molar-refractivity contribution in [3.63, 3.8) is 0 Å². The molecule has 3 heteroatoms. The van der Waals surface area contributed by atoms with Gasteiger partial charge in [-0.3, -0.25) is 4.79 Å². The summed E-state index contributed by atoms with van der Waals surface area (Å²) < 4.78 is 0. The molecule has 18 heavy (non-hydrogen) atoms. The Hall–Kier alpha value is -1.35. The largest absolute Gasteiger partial charge is 0.343 e. The molecule has 0 spiro atoms. The SMILES string of the molecule is CCN(CC)C(=O)[C@]1(CN)CC1c1ccccc1. The molecule has 2 N–H and O–H groups in total. The number of carbonyl (C=O) groups is 1. The second kappa shape index (κ2) is 5.11. The maximum Gasteiger partial charge on any atom is 0.230 e. The molecule has 1 aromatic carbocycles. The predicted molar refractivity (Wildman–Crippen MR) is 73.2 cm³/mol. The van der Waals surface area contributed by atoms with E-state index in [0.29, 0.717) is 12.5 Å². The van der Waals surface area contributed by atoms with Crippen LogP contribution in [0.3, 0.4) is 0 Å². The van der Waals surface area contributed by atoms with Crippen LogP contribution in [0.25, 0.3) is 0 Å². The fourth-order valence-corrected chi connectivity index (χ4v) is 2.80. The quantitative estimate of drug-likeness (QED) is 0.863. The molecule has 1 fully saturated rings. The topological polar surface area (TPSA) is 46.3 Å². The minimum atomic E-state index is -0.340. The molecule has 0 bridgehead atoms. The van der Waals surface area contributed by atoms with Gasteiger partial charge in [0.05, 0.1) is 5.41 Å². The van der Waals surface area contributed by atoms with Gasteiger partial charge in [0.2, 0.25) is 5.91 Å². The van der Waals surface area contributed by atoms with Crippen LogP contribution >= 0.6 is 0 Å². The van der Waals surface area contributed by atoms with E-state index in [1.807, 2.05) is 36.9 Å². The maximum atomic E-state index is 12.6. The molecule has 0 saturated heterocycles. The number of rotatable bonds is 5. The Morgan fingerprint density at radius 2 is 1.94 bits per heavy atom. The van der Waals surface area contributed by atoms with Crippen molar-refractivity contribution in [1.82, 2.24) is 4.90 Å². The van der Waals surface area contributed by atoms with Crippen molar-refractivity contribution in [3.05, 3.63) is 35.9 Å². The summed E-state index contributed by atoms with van der Waals surface area (Å²) in [6.45, 7) is 6.01. The van der Waals surface area contributed by atoms with Crippen LogP contribution in [0.15, 0.2) is 30.3 Å². The second-order valence-corrected chi connectivity index (χ2v) is 5.01. The first-order chi connectivity index (χ1) is 8.69. The summed E-state index contributed by atoms with van der Waals surface area (Å²) in [6, 6.07) is 10.2. The molecule has 0 radical (unpaired) electrons. The summed E-state index contributed by atoms with van der Waals surface area (Å²) >= 11 is 0. The zero-order valence-corrected chi connectivity index (χ0v) is 11.2. The van der Waals surface area contributed by atoms with E-state index in [-0.39, 0.29) is 11.3 Å². The van der Waals surface area contributed by atoms with E-state index >= 15 is 0 Å². The third kappa shape index (κ3) is 2.03. The molecule has 98 valence electrons. The van der Waals surface area contributed by atoms with Crippen LogP contribution in [0, 0.1) is 5.41 Å². The number of nitrogens with zero attached hydrogens (tertiary/aromatic N) is 1. The lowest BCUT2D eigenvalue weighted by Gasteiger charge is -2.25. The molecule has 0 heterocycles. The minimum Gasteiger partial charge on any atom is -0.343 e. The van der Waals surface area contributed by atoms with Gasteiger partial charge in [0, 0.05) is 25.6 Å². The van der Waals surface area contributed by atoms with Gasteiger partial charge in [-0.25, -0.2) is 0 Å². The van der Waals surface area contributed by atoms with E-state index in [4.69, 9.17) is 5.73 Å². The molecule has 3 nitrogen and oxygen atoms in total. The zero-order chi connectivity index (χ0) is 13.2. The number of nitrogens with two attached hydrogens (primary N) is 1. The molecule has 1 aliphatic rings. The first kappa shape index (κ1) is 13.1. The maximum absolute atomic E-state index is 12.6. The van der Waals surface area contributed by atoms with Crippen molar-refractivity contribution in [1.29, 1.82) is 0 Å². The monoisotopic (exact) mass is 246 g/mol. The van der Waals surface area contributed by atoms with E-state index in [2.05, 4.69) is 12.1 Å². The molecular weight excluding hydrogens is 224 g/mol. The fraction of sp³-hybridized carbons (Fsp3) is 0.533. The second-order valence-electron chi connectivity index (χ2n) is 5.01. The van der Waals surface area contributed by atoms with Crippen molar-refractivity contribution in [2.45, 2.75) is 26.2 Å². The number of hydrogen-bond acceptors (Lipinski definition) is 2. The van der Waals surface area contributed by atoms with Gasteiger partial charge in [0.1, 0.15) is 0 Å². The van der Waals surface area contributed by atoms with E-state index in [1.165, 1.54) is 5.56 Å².